The monoisotopic (exact) mass is 284 g/mol. The molecule has 0 N–H and O–H groups in total. The highest BCUT2D eigenvalue weighted by Gasteiger charge is 2.24. The Morgan fingerprint density at radius 2 is 2.19 bits per heavy atom. The minimum atomic E-state index is -0.0985. The lowest BCUT2D eigenvalue weighted by atomic mass is 10.1. The molecule has 3 heteroatoms. The summed E-state index contributed by atoms with van der Waals surface area (Å²) in [5, 5.41) is 0. The van der Waals surface area contributed by atoms with Gasteiger partial charge in [-0.1, -0.05) is 15.9 Å². The quantitative estimate of drug-likeness (QED) is 0.827. The Kier molecular flexibility index (Phi) is 3.27. The molecule has 1 unspecified atom stereocenters. The molecule has 16 heavy (non-hydrogen) atoms. The Bertz CT molecular complexity index is 382. The van der Waals surface area contributed by atoms with E-state index in [-0.39, 0.29) is 11.7 Å². The molecule has 0 radical (unpaired) electrons. The predicted octanol–water partition coefficient (Wildman–Crippen LogP) is 3.57. The van der Waals surface area contributed by atoms with Crippen molar-refractivity contribution in [1.82, 2.24) is 0 Å². The minimum Gasteiger partial charge on any atom is -0.487 e. The number of ether oxygens (including phenoxy) is 2. The van der Waals surface area contributed by atoms with E-state index in [9.17, 15) is 0 Å². The van der Waals surface area contributed by atoms with Gasteiger partial charge in [-0.15, -0.1) is 0 Å². The molecule has 0 bridgehead atoms. The normalized spacial score (nSPS) is 19.4. The van der Waals surface area contributed by atoms with Crippen molar-refractivity contribution in [2.45, 2.75) is 38.9 Å². The Balaban J connectivity index is 1.95. The van der Waals surface area contributed by atoms with Crippen molar-refractivity contribution >= 4 is 15.9 Å². The first-order valence-corrected chi connectivity index (χ1v) is 6.32. The Morgan fingerprint density at radius 1 is 1.44 bits per heavy atom. The highest BCUT2D eigenvalue weighted by atomic mass is 79.9. The summed E-state index contributed by atoms with van der Waals surface area (Å²) in [6.45, 7) is 6.83. The molecule has 1 atom stereocenters. The van der Waals surface area contributed by atoms with Crippen LogP contribution in [0.5, 0.6) is 5.75 Å². The van der Waals surface area contributed by atoms with Gasteiger partial charge < -0.3 is 9.47 Å². The summed E-state index contributed by atoms with van der Waals surface area (Å²) in [5.74, 6) is 0.991. The van der Waals surface area contributed by atoms with Crippen molar-refractivity contribution in [3.8, 4) is 5.75 Å². The maximum atomic E-state index is 5.81. The lowest BCUT2D eigenvalue weighted by Gasteiger charge is -2.22. The highest BCUT2D eigenvalue weighted by molar-refractivity contribution is 9.10. The summed E-state index contributed by atoms with van der Waals surface area (Å²) in [6, 6.07) is 6.13. The van der Waals surface area contributed by atoms with Gasteiger partial charge in [-0.2, -0.15) is 0 Å². The molecule has 1 aromatic carbocycles. The molecule has 88 valence electrons. The number of hydrogen-bond donors (Lipinski definition) is 0. The maximum Gasteiger partial charge on any atom is 0.126 e. The molecule has 1 aliphatic rings. The molecular formula is C13H17BrO2. The first-order valence-electron chi connectivity index (χ1n) is 5.53. The summed E-state index contributed by atoms with van der Waals surface area (Å²) in [6.07, 6.45) is 1.09. The Hall–Kier alpha value is -0.540. The molecule has 2 nitrogen and oxygen atoms in total. The van der Waals surface area contributed by atoms with Gasteiger partial charge >= 0.3 is 0 Å². The van der Waals surface area contributed by atoms with E-state index in [1.54, 1.807) is 0 Å². The van der Waals surface area contributed by atoms with E-state index in [1.807, 2.05) is 12.1 Å². The van der Waals surface area contributed by atoms with Crippen LogP contribution in [0.2, 0.25) is 0 Å². The standard InChI is InChI=1S/C13H17BrO2/c1-13(2,3)15-8-11-7-9-6-10(14)4-5-12(9)16-11/h4-6,11H,7-8H2,1-3H3. The van der Waals surface area contributed by atoms with E-state index in [1.165, 1.54) is 5.56 Å². The second kappa shape index (κ2) is 4.38. The fourth-order valence-corrected chi connectivity index (χ4v) is 2.13. The van der Waals surface area contributed by atoms with Crippen LogP contribution in [0.4, 0.5) is 0 Å². The van der Waals surface area contributed by atoms with Crippen LogP contribution in [0, 0.1) is 0 Å². The molecule has 0 saturated carbocycles. The van der Waals surface area contributed by atoms with Gasteiger partial charge in [-0.25, -0.2) is 0 Å². The number of halogens is 1. The summed E-state index contributed by atoms with van der Waals surface area (Å²) >= 11 is 3.47. The van der Waals surface area contributed by atoms with Gasteiger partial charge in [0.1, 0.15) is 11.9 Å². The van der Waals surface area contributed by atoms with Gasteiger partial charge in [0.25, 0.3) is 0 Å². The average Bonchev–Trinajstić information content (AvgIpc) is 2.55. The fraction of sp³-hybridized carbons (Fsp3) is 0.538. The van der Waals surface area contributed by atoms with Crippen molar-refractivity contribution in [1.29, 1.82) is 0 Å². The molecule has 2 rings (SSSR count). The zero-order valence-electron chi connectivity index (χ0n) is 9.92. The van der Waals surface area contributed by atoms with Gasteiger partial charge in [0.05, 0.1) is 12.2 Å². The molecule has 0 amide bonds. The van der Waals surface area contributed by atoms with Crippen LogP contribution < -0.4 is 4.74 Å². The van der Waals surface area contributed by atoms with Gasteiger partial charge in [-0.05, 0) is 44.5 Å². The number of hydrogen-bond acceptors (Lipinski definition) is 2. The molecule has 0 fully saturated rings. The zero-order valence-corrected chi connectivity index (χ0v) is 11.5. The molecular weight excluding hydrogens is 268 g/mol. The van der Waals surface area contributed by atoms with Crippen molar-refractivity contribution in [3.05, 3.63) is 28.2 Å². The van der Waals surface area contributed by atoms with Crippen LogP contribution in [-0.4, -0.2) is 18.3 Å². The van der Waals surface area contributed by atoms with E-state index in [4.69, 9.17) is 9.47 Å². The van der Waals surface area contributed by atoms with E-state index in [0.717, 1.165) is 16.6 Å². The van der Waals surface area contributed by atoms with Gasteiger partial charge in [0.15, 0.2) is 0 Å². The first-order chi connectivity index (χ1) is 7.44. The number of rotatable bonds is 2. The SMILES string of the molecule is CC(C)(C)OCC1Cc2cc(Br)ccc2O1. The van der Waals surface area contributed by atoms with E-state index in [2.05, 4.69) is 42.8 Å². The zero-order chi connectivity index (χ0) is 11.8. The van der Waals surface area contributed by atoms with Crippen molar-refractivity contribution < 1.29 is 9.47 Å². The van der Waals surface area contributed by atoms with Crippen LogP contribution in [-0.2, 0) is 11.2 Å². The average molecular weight is 285 g/mol. The molecule has 1 aliphatic heterocycles. The minimum absolute atomic E-state index is 0.0985. The van der Waals surface area contributed by atoms with E-state index < -0.39 is 0 Å². The number of benzene rings is 1. The second-order valence-corrected chi connectivity index (χ2v) is 6.04. The van der Waals surface area contributed by atoms with Crippen LogP contribution >= 0.6 is 15.9 Å². The van der Waals surface area contributed by atoms with E-state index >= 15 is 0 Å². The maximum absolute atomic E-state index is 5.81. The smallest absolute Gasteiger partial charge is 0.126 e. The summed E-state index contributed by atoms with van der Waals surface area (Å²) in [7, 11) is 0. The third kappa shape index (κ3) is 2.98. The van der Waals surface area contributed by atoms with Crippen LogP contribution in [0.1, 0.15) is 26.3 Å². The highest BCUT2D eigenvalue weighted by Crippen LogP contribution is 2.31. The first kappa shape index (κ1) is 11.9. The Labute approximate surface area is 105 Å². The van der Waals surface area contributed by atoms with Gasteiger partial charge in [-0.3, -0.25) is 0 Å². The molecule has 0 aromatic heterocycles. The van der Waals surface area contributed by atoms with E-state index in [0.29, 0.717) is 6.61 Å². The van der Waals surface area contributed by atoms with Crippen molar-refractivity contribution in [2.24, 2.45) is 0 Å². The topological polar surface area (TPSA) is 18.5 Å². The van der Waals surface area contributed by atoms with Gasteiger partial charge in [0, 0.05) is 10.9 Å². The van der Waals surface area contributed by atoms with Crippen molar-refractivity contribution in [2.75, 3.05) is 6.61 Å². The van der Waals surface area contributed by atoms with Crippen molar-refractivity contribution in [3.63, 3.8) is 0 Å². The molecule has 0 saturated heterocycles. The van der Waals surface area contributed by atoms with Crippen LogP contribution in [0.25, 0.3) is 0 Å². The molecule has 1 aromatic rings. The molecule has 0 aliphatic carbocycles. The van der Waals surface area contributed by atoms with Crippen LogP contribution in [0.15, 0.2) is 22.7 Å². The summed E-state index contributed by atoms with van der Waals surface area (Å²) < 4.78 is 12.7. The Morgan fingerprint density at radius 3 is 2.88 bits per heavy atom. The largest absolute Gasteiger partial charge is 0.487 e. The van der Waals surface area contributed by atoms with Gasteiger partial charge in [0.2, 0.25) is 0 Å². The third-order valence-corrected chi connectivity index (χ3v) is 2.96. The van der Waals surface area contributed by atoms with Crippen LogP contribution in [0.3, 0.4) is 0 Å². The predicted molar refractivity (Wildman–Crippen MR) is 68.0 cm³/mol. The fourth-order valence-electron chi connectivity index (χ4n) is 1.72. The summed E-state index contributed by atoms with van der Waals surface area (Å²) in [5.41, 5.74) is 1.16. The third-order valence-electron chi connectivity index (χ3n) is 2.47. The number of fused-ring (bicyclic) bond motifs is 1. The molecule has 0 spiro atoms. The summed E-state index contributed by atoms with van der Waals surface area (Å²) in [4.78, 5) is 0. The lowest BCUT2D eigenvalue weighted by Crippen LogP contribution is -2.28. The lowest BCUT2D eigenvalue weighted by molar-refractivity contribution is -0.0369. The second-order valence-electron chi connectivity index (χ2n) is 5.12. The molecule has 1 heterocycles.